The highest BCUT2D eigenvalue weighted by atomic mass is 32.2. The topological polar surface area (TPSA) is 97.3 Å². The third-order valence-electron chi connectivity index (χ3n) is 5.16. The van der Waals surface area contributed by atoms with Crippen LogP contribution in [0.3, 0.4) is 0 Å². The molecular weight excluding hydrogens is 412 g/mol. The fourth-order valence-electron chi connectivity index (χ4n) is 3.48. The number of hydrogen-bond acceptors (Lipinski definition) is 8. The van der Waals surface area contributed by atoms with E-state index >= 15 is 0 Å². The van der Waals surface area contributed by atoms with Crippen LogP contribution in [0.1, 0.15) is 32.4 Å². The Labute approximate surface area is 188 Å². The molecule has 0 atom stereocenters. The number of ether oxygens (including phenoxy) is 1. The van der Waals surface area contributed by atoms with E-state index in [9.17, 15) is 4.79 Å². The predicted molar refractivity (Wildman–Crippen MR) is 128 cm³/mol. The average Bonchev–Trinajstić information content (AvgIpc) is 2.76. The molecule has 1 saturated heterocycles. The molecule has 168 valence electrons. The molecule has 31 heavy (non-hydrogen) atoms. The maximum Gasteiger partial charge on any atom is 0.275 e. The first-order valence-electron chi connectivity index (χ1n) is 10.7. The zero-order valence-corrected chi connectivity index (χ0v) is 19.6. The standard InChI is InChI=1S/C22H32N6O2S/c1-5-7-17(23)19-20(24-3)22(29)26-21(25-19)16-14-15(8-9-18(16)30-6-2)31-28-12-10-27(4)11-13-28/h8-9,14,23-24H,5-7,10-13H2,1-4H3,(H,25,26,29). The average molecular weight is 445 g/mol. The minimum absolute atomic E-state index is 0.289. The summed E-state index contributed by atoms with van der Waals surface area (Å²) >= 11 is 1.71. The molecule has 3 rings (SSSR count). The van der Waals surface area contributed by atoms with E-state index in [0.29, 0.717) is 41.7 Å². The molecule has 1 fully saturated rings. The van der Waals surface area contributed by atoms with Crippen molar-refractivity contribution in [1.29, 1.82) is 5.41 Å². The number of nitrogens with zero attached hydrogens (tertiary/aromatic N) is 3. The highest BCUT2D eigenvalue weighted by molar-refractivity contribution is 7.97. The van der Waals surface area contributed by atoms with Crippen molar-refractivity contribution in [2.75, 3.05) is 52.2 Å². The molecule has 0 amide bonds. The van der Waals surface area contributed by atoms with Gasteiger partial charge in [0.15, 0.2) is 0 Å². The lowest BCUT2D eigenvalue weighted by Crippen LogP contribution is -2.40. The number of aromatic amines is 1. The summed E-state index contributed by atoms with van der Waals surface area (Å²) < 4.78 is 8.18. The third-order valence-corrected chi connectivity index (χ3v) is 6.25. The second-order valence-corrected chi connectivity index (χ2v) is 8.70. The fraction of sp³-hybridized carbons (Fsp3) is 0.500. The summed E-state index contributed by atoms with van der Waals surface area (Å²) in [5.74, 6) is 1.09. The van der Waals surface area contributed by atoms with E-state index in [2.05, 4.69) is 31.5 Å². The van der Waals surface area contributed by atoms with E-state index in [1.54, 1.807) is 19.0 Å². The maximum atomic E-state index is 12.8. The normalized spacial score (nSPS) is 15.1. The summed E-state index contributed by atoms with van der Waals surface area (Å²) in [7, 11) is 3.81. The van der Waals surface area contributed by atoms with Crippen LogP contribution in [0.25, 0.3) is 11.4 Å². The molecule has 0 saturated carbocycles. The van der Waals surface area contributed by atoms with E-state index in [1.165, 1.54) is 0 Å². The van der Waals surface area contributed by atoms with Crippen LogP contribution >= 0.6 is 11.9 Å². The Morgan fingerprint density at radius 3 is 2.68 bits per heavy atom. The Kier molecular flexibility index (Phi) is 8.11. The predicted octanol–water partition coefficient (Wildman–Crippen LogP) is 3.30. The van der Waals surface area contributed by atoms with Gasteiger partial charge in [-0.25, -0.2) is 9.29 Å². The molecule has 2 heterocycles. The Hall–Kier alpha value is -2.36. The van der Waals surface area contributed by atoms with Gasteiger partial charge in [-0.05, 0) is 50.5 Å². The molecule has 1 aromatic heterocycles. The number of nitrogens with one attached hydrogen (secondary N) is 3. The molecule has 0 spiro atoms. The molecular formula is C22H32N6O2S. The SMILES string of the molecule is CCCC(=N)c1nc(-c2cc(SN3CCN(C)CC3)ccc2OCC)[nH]c(=O)c1NC. The van der Waals surface area contributed by atoms with Crippen molar-refractivity contribution in [3.63, 3.8) is 0 Å². The molecule has 0 bridgehead atoms. The van der Waals surface area contributed by atoms with Crippen molar-refractivity contribution >= 4 is 23.3 Å². The summed E-state index contributed by atoms with van der Waals surface area (Å²) in [5, 5.41) is 11.3. The smallest absolute Gasteiger partial charge is 0.275 e. The van der Waals surface area contributed by atoms with Gasteiger partial charge >= 0.3 is 0 Å². The van der Waals surface area contributed by atoms with Crippen molar-refractivity contribution in [3.05, 3.63) is 34.2 Å². The van der Waals surface area contributed by atoms with Gasteiger partial charge in [0, 0.05) is 38.1 Å². The second-order valence-electron chi connectivity index (χ2n) is 7.53. The largest absolute Gasteiger partial charge is 0.493 e. The molecule has 9 heteroatoms. The maximum absolute atomic E-state index is 12.8. The van der Waals surface area contributed by atoms with Crippen molar-refractivity contribution in [2.45, 2.75) is 31.6 Å². The van der Waals surface area contributed by atoms with Gasteiger partial charge in [-0.15, -0.1) is 0 Å². The van der Waals surface area contributed by atoms with Gasteiger partial charge in [-0.3, -0.25) is 4.79 Å². The zero-order chi connectivity index (χ0) is 22.4. The number of aromatic nitrogens is 2. The highest BCUT2D eigenvalue weighted by Crippen LogP contribution is 2.34. The van der Waals surface area contributed by atoms with Crippen LogP contribution < -0.4 is 15.6 Å². The minimum atomic E-state index is -0.289. The molecule has 2 aromatic rings. The van der Waals surface area contributed by atoms with Gasteiger partial charge in [-0.2, -0.15) is 0 Å². The van der Waals surface area contributed by atoms with E-state index in [1.807, 2.05) is 32.0 Å². The number of rotatable bonds is 9. The summed E-state index contributed by atoms with van der Waals surface area (Å²) in [6.45, 7) is 8.52. The molecule has 1 aliphatic heterocycles. The summed E-state index contributed by atoms with van der Waals surface area (Å²) in [6.07, 6.45) is 1.37. The van der Waals surface area contributed by atoms with Crippen molar-refractivity contribution in [1.82, 2.24) is 19.2 Å². The number of benzene rings is 1. The lowest BCUT2D eigenvalue weighted by atomic mass is 10.1. The summed E-state index contributed by atoms with van der Waals surface area (Å²) in [5.41, 5.74) is 1.50. The van der Waals surface area contributed by atoms with Gasteiger partial charge in [0.25, 0.3) is 5.56 Å². The van der Waals surface area contributed by atoms with Gasteiger partial charge in [-0.1, -0.05) is 13.3 Å². The number of hydrogen-bond donors (Lipinski definition) is 3. The van der Waals surface area contributed by atoms with Crippen LogP contribution in [-0.4, -0.2) is 71.8 Å². The van der Waals surface area contributed by atoms with Gasteiger partial charge in [0.2, 0.25) is 0 Å². The van der Waals surface area contributed by atoms with E-state index in [4.69, 9.17) is 10.1 Å². The van der Waals surface area contributed by atoms with Crippen LogP contribution in [0.5, 0.6) is 5.75 Å². The number of H-pyrrole nitrogens is 1. The van der Waals surface area contributed by atoms with Crippen LogP contribution in [-0.2, 0) is 0 Å². The van der Waals surface area contributed by atoms with Crippen LogP contribution in [0, 0.1) is 5.41 Å². The second kappa shape index (κ2) is 10.8. The van der Waals surface area contributed by atoms with Crippen LogP contribution in [0.4, 0.5) is 5.69 Å². The Balaban J connectivity index is 2.01. The molecule has 1 aromatic carbocycles. The Morgan fingerprint density at radius 2 is 2.03 bits per heavy atom. The summed E-state index contributed by atoms with van der Waals surface area (Å²) in [6, 6.07) is 5.98. The number of piperazine rings is 1. The monoisotopic (exact) mass is 444 g/mol. The van der Waals surface area contributed by atoms with E-state index < -0.39 is 0 Å². The van der Waals surface area contributed by atoms with Crippen molar-refractivity contribution in [3.8, 4) is 17.1 Å². The van der Waals surface area contributed by atoms with Crippen LogP contribution in [0.2, 0.25) is 0 Å². The Morgan fingerprint density at radius 1 is 1.29 bits per heavy atom. The minimum Gasteiger partial charge on any atom is -0.493 e. The molecule has 0 aliphatic carbocycles. The molecule has 1 aliphatic rings. The molecule has 0 radical (unpaired) electrons. The Bertz CT molecular complexity index is 969. The van der Waals surface area contributed by atoms with E-state index in [-0.39, 0.29) is 5.56 Å². The first-order valence-corrected chi connectivity index (χ1v) is 11.5. The lowest BCUT2D eigenvalue weighted by molar-refractivity contribution is 0.233. The third kappa shape index (κ3) is 5.66. The quantitative estimate of drug-likeness (QED) is 0.403. The highest BCUT2D eigenvalue weighted by Gasteiger charge is 2.19. The molecule has 0 unspecified atom stereocenters. The number of likely N-dealkylation sites (N-methyl/N-ethyl adjacent to an activating group) is 1. The first kappa shape index (κ1) is 23.3. The number of anilines is 1. The lowest BCUT2D eigenvalue weighted by Gasteiger charge is -2.31. The molecule has 3 N–H and O–H groups in total. The zero-order valence-electron chi connectivity index (χ0n) is 18.7. The van der Waals surface area contributed by atoms with Gasteiger partial charge < -0.3 is 25.3 Å². The van der Waals surface area contributed by atoms with Gasteiger partial charge in [0.1, 0.15) is 23.0 Å². The summed E-state index contributed by atoms with van der Waals surface area (Å²) in [4.78, 5) is 23.7. The molecule has 8 nitrogen and oxygen atoms in total. The van der Waals surface area contributed by atoms with Crippen LogP contribution in [0.15, 0.2) is 27.9 Å². The van der Waals surface area contributed by atoms with Crippen molar-refractivity contribution in [2.24, 2.45) is 0 Å². The van der Waals surface area contributed by atoms with E-state index in [0.717, 1.165) is 43.1 Å². The first-order chi connectivity index (χ1) is 15.0. The fourth-order valence-corrected chi connectivity index (χ4v) is 4.42. The van der Waals surface area contributed by atoms with Gasteiger partial charge in [0.05, 0.1) is 17.9 Å². The van der Waals surface area contributed by atoms with Crippen molar-refractivity contribution < 1.29 is 4.74 Å².